The van der Waals surface area contributed by atoms with Gasteiger partial charge in [0.2, 0.25) is 5.91 Å². The highest BCUT2D eigenvalue weighted by molar-refractivity contribution is 5.85. The smallest absolute Gasteiger partial charge is 0.220 e. The fraction of sp³-hybridized carbons (Fsp3) is 0.818. The first-order valence-corrected chi connectivity index (χ1v) is 5.35. The van der Waals surface area contributed by atoms with Crippen LogP contribution in [0.4, 0.5) is 0 Å². The minimum atomic E-state index is -0.402. The van der Waals surface area contributed by atoms with Crippen molar-refractivity contribution in [3.63, 3.8) is 0 Å². The molecular formula is C11H21NO3. The van der Waals surface area contributed by atoms with Gasteiger partial charge in [-0.15, -0.1) is 0 Å². The van der Waals surface area contributed by atoms with Gasteiger partial charge in [0.05, 0.1) is 0 Å². The van der Waals surface area contributed by atoms with E-state index in [4.69, 9.17) is 5.11 Å². The topological polar surface area (TPSA) is 66.4 Å². The summed E-state index contributed by atoms with van der Waals surface area (Å²) in [5, 5.41) is 11.6. The van der Waals surface area contributed by atoms with Gasteiger partial charge in [-0.2, -0.15) is 0 Å². The molecule has 0 unspecified atom stereocenters. The lowest BCUT2D eigenvalue weighted by Gasteiger charge is -2.25. The number of aliphatic hydroxyl groups excluding tert-OH is 1. The van der Waals surface area contributed by atoms with Gasteiger partial charge in [-0.3, -0.25) is 9.59 Å². The van der Waals surface area contributed by atoms with Gasteiger partial charge in [0, 0.05) is 31.4 Å². The van der Waals surface area contributed by atoms with Gasteiger partial charge in [-0.25, -0.2) is 0 Å². The summed E-state index contributed by atoms with van der Waals surface area (Å²) < 4.78 is 0. The van der Waals surface area contributed by atoms with Crippen LogP contribution in [0.25, 0.3) is 0 Å². The zero-order valence-electron chi connectivity index (χ0n) is 9.80. The SMILES string of the molecule is CCC(=O)CCC(=O)NC(C)(C)CCO. The Hall–Kier alpha value is -0.900. The first-order valence-electron chi connectivity index (χ1n) is 5.35. The molecule has 88 valence electrons. The lowest BCUT2D eigenvalue weighted by molar-refractivity contribution is -0.126. The molecule has 0 aliphatic heterocycles. The van der Waals surface area contributed by atoms with Gasteiger partial charge < -0.3 is 10.4 Å². The molecule has 0 aromatic carbocycles. The van der Waals surface area contributed by atoms with Gasteiger partial charge in [0.1, 0.15) is 5.78 Å². The van der Waals surface area contributed by atoms with Crippen LogP contribution in [0.1, 0.15) is 46.5 Å². The number of amides is 1. The molecule has 0 aliphatic carbocycles. The Balaban J connectivity index is 3.87. The number of Topliss-reactive ketones (excluding diaryl/α,β-unsaturated/α-hetero) is 1. The standard InChI is InChI=1S/C11H21NO3/c1-4-9(14)5-6-10(15)12-11(2,3)7-8-13/h13H,4-8H2,1-3H3,(H,12,15). The fourth-order valence-corrected chi connectivity index (χ4v) is 1.21. The molecular weight excluding hydrogens is 194 g/mol. The van der Waals surface area contributed by atoms with Crippen LogP contribution < -0.4 is 5.32 Å². The number of hydrogen-bond donors (Lipinski definition) is 2. The molecule has 0 heterocycles. The van der Waals surface area contributed by atoms with E-state index in [2.05, 4.69) is 5.32 Å². The molecule has 0 bridgehead atoms. The second kappa shape index (κ2) is 6.56. The number of rotatable bonds is 7. The highest BCUT2D eigenvalue weighted by Gasteiger charge is 2.19. The third-order valence-corrected chi connectivity index (χ3v) is 2.24. The Bertz CT molecular complexity index is 224. The number of hydrogen-bond acceptors (Lipinski definition) is 3. The van der Waals surface area contributed by atoms with Crippen molar-refractivity contribution >= 4 is 11.7 Å². The Labute approximate surface area is 91.1 Å². The average Bonchev–Trinajstić information content (AvgIpc) is 2.13. The minimum absolute atomic E-state index is 0.0428. The van der Waals surface area contributed by atoms with Crippen molar-refractivity contribution in [3.05, 3.63) is 0 Å². The molecule has 0 rings (SSSR count). The summed E-state index contributed by atoms with van der Waals surface area (Å²) >= 11 is 0. The van der Waals surface area contributed by atoms with Crippen LogP contribution in [0.5, 0.6) is 0 Å². The average molecular weight is 215 g/mol. The van der Waals surface area contributed by atoms with Crippen molar-refractivity contribution < 1.29 is 14.7 Å². The Morgan fingerprint density at radius 3 is 2.33 bits per heavy atom. The molecule has 1 amide bonds. The zero-order chi connectivity index (χ0) is 11.9. The highest BCUT2D eigenvalue weighted by Crippen LogP contribution is 2.08. The van der Waals surface area contributed by atoms with Crippen molar-refractivity contribution in [1.29, 1.82) is 0 Å². The van der Waals surface area contributed by atoms with Crippen LogP contribution in [-0.2, 0) is 9.59 Å². The van der Waals surface area contributed by atoms with Crippen LogP contribution in [-0.4, -0.2) is 28.9 Å². The molecule has 0 saturated heterocycles. The molecule has 0 aromatic heterocycles. The summed E-state index contributed by atoms with van der Waals surface area (Å²) in [5.74, 6) is -0.0274. The maximum Gasteiger partial charge on any atom is 0.220 e. The van der Waals surface area contributed by atoms with E-state index in [9.17, 15) is 9.59 Å². The van der Waals surface area contributed by atoms with E-state index in [1.807, 2.05) is 13.8 Å². The Morgan fingerprint density at radius 2 is 1.87 bits per heavy atom. The lowest BCUT2D eigenvalue weighted by atomic mass is 10.0. The summed E-state index contributed by atoms with van der Waals surface area (Å²) in [7, 11) is 0. The highest BCUT2D eigenvalue weighted by atomic mass is 16.3. The van der Waals surface area contributed by atoms with E-state index in [0.717, 1.165) is 0 Å². The Kier molecular flexibility index (Phi) is 6.17. The van der Waals surface area contributed by atoms with E-state index in [1.165, 1.54) is 0 Å². The normalized spacial score (nSPS) is 11.2. The fourth-order valence-electron chi connectivity index (χ4n) is 1.21. The lowest BCUT2D eigenvalue weighted by Crippen LogP contribution is -2.44. The molecule has 0 aromatic rings. The van der Waals surface area contributed by atoms with Crippen LogP contribution in [0.15, 0.2) is 0 Å². The molecule has 15 heavy (non-hydrogen) atoms. The van der Waals surface area contributed by atoms with Gasteiger partial charge in [-0.1, -0.05) is 6.92 Å². The van der Waals surface area contributed by atoms with E-state index in [0.29, 0.717) is 19.3 Å². The number of carbonyl (C=O) groups excluding carboxylic acids is 2. The second-order valence-corrected chi connectivity index (χ2v) is 4.30. The molecule has 0 radical (unpaired) electrons. The summed E-state index contributed by atoms with van der Waals surface area (Å²) in [5.41, 5.74) is -0.402. The van der Waals surface area contributed by atoms with E-state index in [1.54, 1.807) is 6.92 Å². The number of ketones is 1. The maximum absolute atomic E-state index is 11.4. The van der Waals surface area contributed by atoms with Crippen molar-refractivity contribution in [2.75, 3.05) is 6.61 Å². The monoisotopic (exact) mass is 215 g/mol. The maximum atomic E-state index is 11.4. The number of nitrogens with one attached hydrogen (secondary N) is 1. The van der Waals surface area contributed by atoms with Crippen LogP contribution in [0, 0.1) is 0 Å². The second-order valence-electron chi connectivity index (χ2n) is 4.30. The molecule has 0 fully saturated rings. The van der Waals surface area contributed by atoms with Gasteiger partial charge >= 0.3 is 0 Å². The molecule has 4 heteroatoms. The molecule has 0 aliphatic rings. The van der Waals surface area contributed by atoms with Crippen molar-refractivity contribution in [2.24, 2.45) is 0 Å². The van der Waals surface area contributed by atoms with Crippen molar-refractivity contribution in [1.82, 2.24) is 5.32 Å². The van der Waals surface area contributed by atoms with E-state index >= 15 is 0 Å². The minimum Gasteiger partial charge on any atom is -0.396 e. The third-order valence-electron chi connectivity index (χ3n) is 2.24. The predicted molar refractivity (Wildman–Crippen MR) is 58.5 cm³/mol. The third kappa shape index (κ3) is 7.08. The van der Waals surface area contributed by atoms with Crippen LogP contribution in [0.2, 0.25) is 0 Å². The first kappa shape index (κ1) is 14.1. The molecule has 0 atom stereocenters. The Morgan fingerprint density at radius 1 is 1.27 bits per heavy atom. The molecule has 0 spiro atoms. The van der Waals surface area contributed by atoms with Crippen LogP contribution in [0.3, 0.4) is 0 Å². The first-order chi connectivity index (χ1) is 6.91. The number of aliphatic hydroxyl groups is 1. The van der Waals surface area contributed by atoms with Gasteiger partial charge in [0.15, 0.2) is 0 Å². The molecule has 2 N–H and O–H groups in total. The number of carbonyl (C=O) groups is 2. The van der Waals surface area contributed by atoms with E-state index in [-0.39, 0.29) is 24.7 Å². The van der Waals surface area contributed by atoms with Crippen molar-refractivity contribution in [2.45, 2.75) is 52.0 Å². The molecule has 0 saturated carbocycles. The summed E-state index contributed by atoms with van der Waals surface area (Å²) in [6, 6.07) is 0. The zero-order valence-corrected chi connectivity index (χ0v) is 9.80. The summed E-state index contributed by atoms with van der Waals surface area (Å²) in [4.78, 5) is 22.4. The summed E-state index contributed by atoms with van der Waals surface area (Å²) in [6.07, 6.45) is 1.53. The van der Waals surface area contributed by atoms with Crippen LogP contribution >= 0.6 is 0 Å². The molecule has 4 nitrogen and oxygen atoms in total. The van der Waals surface area contributed by atoms with Gasteiger partial charge in [-0.05, 0) is 20.3 Å². The van der Waals surface area contributed by atoms with E-state index < -0.39 is 5.54 Å². The van der Waals surface area contributed by atoms with Crippen molar-refractivity contribution in [3.8, 4) is 0 Å². The van der Waals surface area contributed by atoms with Gasteiger partial charge in [0.25, 0.3) is 0 Å². The predicted octanol–water partition coefficient (Wildman–Crippen LogP) is 1.02. The summed E-state index contributed by atoms with van der Waals surface area (Å²) in [6.45, 7) is 5.53. The largest absolute Gasteiger partial charge is 0.396 e. The quantitative estimate of drug-likeness (QED) is 0.666.